The highest BCUT2D eigenvalue weighted by molar-refractivity contribution is 5.83. The van der Waals surface area contributed by atoms with Crippen molar-refractivity contribution in [2.75, 3.05) is 7.11 Å². The molecule has 0 amide bonds. The van der Waals surface area contributed by atoms with Crippen LogP contribution < -0.4 is 0 Å². The summed E-state index contributed by atoms with van der Waals surface area (Å²) in [6.45, 7) is 5.84. The van der Waals surface area contributed by atoms with Crippen LogP contribution in [0.2, 0.25) is 0 Å². The van der Waals surface area contributed by atoms with Crippen LogP contribution in [0.5, 0.6) is 0 Å². The van der Waals surface area contributed by atoms with Crippen molar-refractivity contribution < 1.29 is 14.4 Å². The summed E-state index contributed by atoms with van der Waals surface area (Å²) >= 11 is 0. The summed E-state index contributed by atoms with van der Waals surface area (Å²) in [4.78, 5) is 4.79. The molecule has 6 heteroatoms. The number of aliphatic hydroxyl groups is 1. The molecule has 26 heavy (non-hydrogen) atoms. The summed E-state index contributed by atoms with van der Waals surface area (Å²) in [5.74, 6) is 1.55. The van der Waals surface area contributed by atoms with E-state index in [9.17, 15) is 5.11 Å². The quantitative estimate of drug-likeness (QED) is 0.746. The van der Waals surface area contributed by atoms with Crippen LogP contribution in [0.15, 0.2) is 22.7 Å². The number of imidazole rings is 1. The van der Waals surface area contributed by atoms with E-state index in [1.54, 1.807) is 7.11 Å². The topological polar surface area (TPSA) is 73.3 Å². The van der Waals surface area contributed by atoms with E-state index in [-0.39, 0.29) is 0 Å². The van der Waals surface area contributed by atoms with Crippen LogP contribution in [0.4, 0.5) is 0 Å². The molecule has 3 aromatic rings. The van der Waals surface area contributed by atoms with Gasteiger partial charge in [0.1, 0.15) is 17.7 Å². The number of aromatic nitrogens is 3. The molecule has 0 saturated heterocycles. The maximum Gasteiger partial charge on any atom is 0.141 e. The number of ether oxygens (including phenoxy) is 1. The Balaban J connectivity index is 1.82. The second kappa shape index (κ2) is 6.52. The first kappa shape index (κ1) is 17.2. The first-order valence-corrected chi connectivity index (χ1v) is 9.19. The molecule has 138 valence electrons. The van der Waals surface area contributed by atoms with Gasteiger partial charge in [-0.2, -0.15) is 0 Å². The molecule has 1 atom stereocenters. The number of nitrogens with zero attached hydrogens (tertiary/aromatic N) is 3. The van der Waals surface area contributed by atoms with Crippen molar-refractivity contribution >= 4 is 11.0 Å². The molecule has 2 aromatic heterocycles. The van der Waals surface area contributed by atoms with E-state index in [1.165, 1.54) is 0 Å². The molecule has 1 unspecified atom stereocenters. The van der Waals surface area contributed by atoms with Crippen molar-refractivity contribution in [2.45, 2.75) is 58.3 Å². The zero-order chi connectivity index (χ0) is 18.4. The molecule has 0 bridgehead atoms. The minimum Gasteiger partial charge on any atom is -0.385 e. The van der Waals surface area contributed by atoms with Crippen molar-refractivity contribution in [3.63, 3.8) is 0 Å². The summed E-state index contributed by atoms with van der Waals surface area (Å²) in [6.07, 6.45) is 2.28. The SMILES string of the molecule is CCC(O)c1nc2cc(-c3c(C)noc3C)ccc2n1C1CC(OC)C1. The van der Waals surface area contributed by atoms with E-state index in [2.05, 4.69) is 27.9 Å². The van der Waals surface area contributed by atoms with Gasteiger partial charge in [0.05, 0.1) is 22.8 Å². The Morgan fingerprint density at radius 2 is 2.12 bits per heavy atom. The highest BCUT2D eigenvalue weighted by atomic mass is 16.5. The van der Waals surface area contributed by atoms with Crippen molar-refractivity contribution in [3.05, 3.63) is 35.5 Å². The summed E-state index contributed by atoms with van der Waals surface area (Å²) < 4.78 is 12.9. The Hall–Kier alpha value is -2.18. The monoisotopic (exact) mass is 355 g/mol. The average molecular weight is 355 g/mol. The molecule has 1 aliphatic rings. The maximum atomic E-state index is 10.5. The fraction of sp³-hybridized carbons (Fsp3) is 0.500. The molecule has 1 aromatic carbocycles. The van der Waals surface area contributed by atoms with Crippen LogP contribution in [0.25, 0.3) is 22.2 Å². The van der Waals surface area contributed by atoms with Gasteiger partial charge in [-0.15, -0.1) is 0 Å². The number of benzene rings is 1. The average Bonchev–Trinajstić information content (AvgIpc) is 3.13. The second-order valence-electron chi connectivity index (χ2n) is 7.15. The second-order valence-corrected chi connectivity index (χ2v) is 7.15. The summed E-state index contributed by atoms with van der Waals surface area (Å²) in [5, 5.41) is 14.6. The van der Waals surface area contributed by atoms with Crippen LogP contribution >= 0.6 is 0 Å². The molecule has 2 heterocycles. The fourth-order valence-electron chi connectivity index (χ4n) is 3.91. The van der Waals surface area contributed by atoms with Crippen molar-refractivity contribution in [2.24, 2.45) is 0 Å². The Morgan fingerprint density at radius 1 is 1.35 bits per heavy atom. The van der Waals surface area contributed by atoms with Gasteiger partial charge in [-0.05, 0) is 50.8 Å². The number of rotatable bonds is 5. The van der Waals surface area contributed by atoms with E-state index in [1.807, 2.05) is 20.8 Å². The smallest absolute Gasteiger partial charge is 0.141 e. The lowest BCUT2D eigenvalue weighted by atomic mass is 9.88. The van der Waals surface area contributed by atoms with Gasteiger partial charge in [-0.3, -0.25) is 0 Å². The van der Waals surface area contributed by atoms with Gasteiger partial charge in [0.15, 0.2) is 0 Å². The molecule has 6 nitrogen and oxygen atoms in total. The number of aryl methyl sites for hydroxylation is 2. The molecule has 1 N–H and O–H groups in total. The Bertz CT molecular complexity index is 918. The molecule has 0 radical (unpaired) electrons. The Kier molecular flexibility index (Phi) is 4.32. The van der Waals surface area contributed by atoms with Crippen LogP contribution in [0.1, 0.15) is 55.6 Å². The van der Waals surface area contributed by atoms with Gasteiger partial charge >= 0.3 is 0 Å². The molecular formula is C20H25N3O3. The maximum absolute atomic E-state index is 10.5. The lowest BCUT2D eigenvalue weighted by molar-refractivity contribution is 0.00426. The first-order chi connectivity index (χ1) is 12.5. The van der Waals surface area contributed by atoms with Gasteiger partial charge < -0.3 is 18.9 Å². The summed E-state index contributed by atoms with van der Waals surface area (Å²) in [6, 6.07) is 6.57. The molecule has 0 spiro atoms. The third-order valence-electron chi connectivity index (χ3n) is 5.49. The number of hydrogen-bond donors (Lipinski definition) is 1. The van der Waals surface area contributed by atoms with Crippen LogP contribution in [-0.2, 0) is 4.74 Å². The number of fused-ring (bicyclic) bond motifs is 1. The largest absolute Gasteiger partial charge is 0.385 e. The van der Waals surface area contributed by atoms with E-state index in [0.717, 1.165) is 52.3 Å². The molecular weight excluding hydrogens is 330 g/mol. The van der Waals surface area contributed by atoms with Crippen molar-refractivity contribution in [1.29, 1.82) is 0 Å². The predicted molar refractivity (Wildman–Crippen MR) is 99.0 cm³/mol. The molecule has 1 aliphatic carbocycles. The van der Waals surface area contributed by atoms with Crippen LogP contribution in [0.3, 0.4) is 0 Å². The number of hydrogen-bond acceptors (Lipinski definition) is 5. The van der Waals surface area contributed by atoms with Gasteiger partial charge in [-0.25, -0.2) is 4.98 Å². The molecule has 1 fully saturated rings. The fourth-order valence-corrected chi connectivity index (χ4v) is 3.91. The molecule has 1 saturated carbocycles. The van der Waals surface area contributed by atoms with Crippen LogP contribution in [0, 0.1) is 13.8 Å². The highest BCUT2D eigenvalue weighted by Crippen LogP contribution is 2.40. The molecule has 4 rings (SSSR count). The highest BCUT2D eigenvalue weighted by Gasteiger charge is 2.34. The van der Waals surface area contributed by atoms with E-state index >= 15 is 0 Å². The van der Waals surface area contributed by atoms with Gasteiger partial charge in [0.2, 0.25) is 0 Å². The van der Waals surface area contributed by atoms with E-state index in [4.69, 9.17) is 14.2 Å². The Morgan fingerprint density at radius 3 is 2.73 bits per heavy atom. The predicted octanol–water partition coefficient (Wildman–Crippen LogP) is 4.10. The lowest BCUT2D eigenvalue weighted by Gasteiger charge is -2.36. The van der Waals surface area contributed by atoms with Gasteiger partial charge in [0.25, 0.3) is 0 Å². The summed E-state index contributed by atoms with van der Waals surface area (Å²) in [7, 11) is 1.75. The van der Waals surface area contributed by atoms with E-state index in [0.29, 0.717) is 18.6 Å². The van der Waals surface area contributed by atoms with E-state index < -0.39 is 6.10 Å². The standard InChI is InChI=1S/C20H25N3O3/c1-5-18(24)20-21-16-8-13(19-11(2)22-26-12(19)3)6-7-17(16)23(20)14-9-15(10-14)25-4/h6-8,14-15,18,24H,5,9-10H2,1-4H3. The third kappa shape index (κ3) is 2.64. The molecule has 0 aliphatic heterocycles. The number of aliphatic hydroxyl groups excluding tert-OH is 1. The summed E-state index contributed by atoms with van der Waals surface area (Å²) in [5.41, 5.74) is 4.88. The zero-order valence-corrected chi connectivity index (χ0v) is 15.7. The number of methoxy groups -OCH3 is 1. The minimum absolute atomic E-state index is 0.297. The van der Waals surface area contributed by atoms with Crippen LogP contribution in [-0.4, -0.2) is 33.0 Å². The lowest BCUT2D eigenvalue weighted by Crippen LogP contribution is -2.33. The zero-order valence-electron chi connectivity index (χ0n) is 15.7. The normalized spacial score (nSPS) is 21.1. The van der Waals surface area contributed by atoms with Crippen molar-refractivity contribution in [1.82, 2.24) is 14.7 Å². The van der Waals surface area contributed by atoms with Gasteiger partial charge in [-0.1, -0.05) is 18.1 Å². The Labute approximate surface area is 152 Å². The van der Waals surface area contributed by atoms with Crippen molar-refractivity contribution in [3.8, 4) is 11.1 Å². The minimum atomic E-state index is -0.563. The van der Waals surface area contributed by atoms with Gasteiger partial charge in [0, 0.05) is 18.7 Å². The first-order valence-electron chi connectivity index (χ1n) is 9.19. The third-order valence-corrected chi connectivity index (χ3v) is 5.49.